The minimum absolute atomic E-state index is 0.000615. The molecule has 4 aromatic rings. The normalized spacial score (nSPS) is 11.2. The number of hydrogen-bond donors (Lipinski definition) is 2. The number of rotatable bonds is 7. The van der Waals surface area contributed by atoms with Gasteiger partial charge in [0.05, 0.1) is 12.8 Å². The fraction of sp³-hybridized carbons (Fsp3) is 0.158. The van der Waals surface area contributed by atoms with E-state index in [0.717, 1.165) is 5.76 Å². The van der Waals surface area contributed by atoms with E-state index in [1.54, 1.807) is 36.4 Å². The predicted octanol–water partition coefficient (Wildman–Crippen LogP) is 1.96. The smallest absolute Gasteiger partial charge is 0.294 e. The second-order valence-corrected chi connectivity index (χ2v) is 6.28. The van der Waals surface area contributed by atoms with Gasteiger partial charge in [-0.2, -0.15) is 9.78 Å². The molecule has 0 fully saturated rings. The van der Waals surface area contributed by atoms with Gasteiger partial charge in [-0.05, 0) is 60.6 Å². The Morgan fingerprint density at radius 1 is 1.26 bits per heavy atom. The van der Waals surface area contributed by atoms with Crippen LogP contribution >= 0.6 is 0 Å². The highest BCUT2D eigenvalue weighted by molar-refractivity contribution is 5.98. The zero-order valence-electron chi connectivity index (χ0n) is 16.6. The number of nitrogens with one attached hydrogen (secondary N) is 1. The summed E-state index contributed by atoms with van der Waals surface area (Å²) in [5, 5.41) is 19.2. The van der Waals surface area contributed by atoms with Gasteiger partial charge in [0.2, 0.25) is 11.6 Å². The van der Waals surface area contributed by atoms with Crippen molar-refractivity contribution in [2.75, 3.05) is 12.3 Å². The Morgan fingerprint density at radius 3 is 2.71 bits per heavy atom. The standard InChI is InChI=1S/C19H18N8O4/c1-3-29-13-8-5-12(6-9-13)16-15(22-26-27(16)18-17(20)24-31-25-18)19(28)23-21-10-14-7-4-11(2)30-14/h4-10H,3H2,1-2H3,(H2,20,24)(H,23,28)/b21-10-. The predicted molar refractivity (Wildman–Crippen MR) is 109 cm³/mol. The minimum atomic E-state index is -0.593. The second kappa shape index (κ2) is 8.49. The molecule has 0 radical (unpaired) electrons. The lowest BCUT2D eigenvalue weighted by molar-refractivity contribution is 0.0950. The first-order chi connectivity index (χ1) is 15.1. The molecule has 4 rings (SSSR count). The van der Waals surface area contributed by atoms with Gasteiger partial charge in [-0.15, -0.1) is 5.10 Å². The molecule has 12 nitrogen and oxygen atoms in total. The van der Waals surface area contributed by atoms with E-state index in [1.807, 2.05) is 13.8 Å². The number of hydrazone groups is 1. The van der Waals surface area contributed by atoms with Crippen LogP contribution in [0.2, 0.25) is 0 Å². The number of carbonyl (C=O) groups is 1. The number of furan rings is 1. The van der Waals surface area contributed by atoms with E-state index < -0.39 is 5.91 Å². The van der Waals surface area contributed by atoms with Crippen molar-refractivity contribution in [3.8, 4) is 22.8 Å². The maximum atomic E-state index is 12.8. The van der Waals surface area contributed by atoms with Gasteiger partial charge in [-0.25, -0.2) is 10.1 Å². The van der Waals surface area contributed by atoms with E-state index in [9.17, 15) is 4.79 Å². The van der Waals surface area contributed by atoms with E-state index in [4.69, 9.17) is 14.9 Å². The summed E-state index contributed by atoms with van der Waals surface area (Å²) < 4.78 is 16.8. The average molecular weight is 422 g/mol. The number of aryl methyl sites for hydroxylation is 1. The van der Waals surface area contributed by atoms with Crippen LogP contribution < -0.4 is 15.9 Å². The third kappa shape index (κ3) is 4.12. The number of aromatic nitrogens is 5. The molecule has 1 aromatic carbocycles. The van der Waals surface area contributed by atoms with Crippen molar-refractivity contribution in [1.82, 2.24) is 30.7 Å². The third-order valence-electron chi connectivity index (χ3n) is 4.14. The molecule has 0 spiro atoms. The number of anilines is 1. The first-order valence-corrected chi connectivity index (χ1v) is 9.24. The van der Waals surface area contributed by atoms with E-state index >= 15 is 0 Å². The highest BCUT2D eigenvalue weighted by atomic mass is 16.6. The van der Waals surface area contributed by atoms with Crippen LogP contribution in [0.1, 0.15) is 28.9 Å². The van der Waals surface area contributed by atoms with Gasteiger partial charge in [-0.1, -0.05) is 5.21 Å². The first-order valence-electron chi connectivity index (χ1n) is 9.24. The molecule has 0 aliphatic heterocycles. The van der Waals surface area contributed by atoms with E-state index in [-0.39, 0.29) is 17.3 Å². The average Bonchev–Trinajstić information content (AvgIpc) is 3.48. The van der Waals surface area contributed by atoms with E-state index in [0.29, 0.717) is 29.4 Å². The summed E-state index contributed by atoms with van der Waals surface area (Å²) in [6.07, 6.45) is 1.38. The number of ether oxygens (including phenoxy) is 1. The topological polar surface area (TPSA) is 159 Å². The molecule has 3 heterocycles. The van der Waals surface area contributed by atoms with Crippen LogP contribution in [0.5, 0.6) is 5.75 Å². The van der Waals surface area contributed by atoms with Gasteiger partial charge in [-0.3, -0.25) is 4.79 Å². The summed E-state index contributed by atoms with van der Waals surface area (Å²) in [4.78, 5) is 12.8. The molecule has 3 aromatic heterocycles. The summed E-state index contributed by atoms with van der Waals surface area (Å²) in [6.45, 7) is 4.23. The summed E-state index contributed by atoms with van der Waals surface area (Å²) in [5.41, 5.74) is 9.16. The van der Waals surface area contributed by atoms with Crippen LogP contribution in [0.4, 0.5) is 5.82 Å². The number of benzene rings is 1. The maximum absolute atomic E-state index is 12.8. The van der Waals surface area contributed by atoms with Crippen LogP contribution in [-0.2, 0) is 0 Å². The van der Waals surface area contributed by atoms with Crippen molar-refractivity contribution in [2.45, 2.75) is 13.8 Å². The largest absolute Gasteiger partial charge is 0.494 e. The molecule has 12 heteroatoms. The molecule has 158 valence electrons. The van der Waals surface area contributed by atoms with Gasteiger partial charge in [0.25, 0.3) is 5.91 Å². The van der Waals surface area contributed by atoms with Crippen molar-refractivity contribution < 1.29 is 18.6 Å². The summed E-state index contributed by atoms with van der Waals surface area (Å²) in [5.74, 6) is 1.41. The molecule has 3 N–H and O–H groups in total. The van der Waals surface area contributed by atoms with Crippen molar-refractivity contribution in [3.63, 3.8) is 0 Å². The molecule has 0 saturated carbocycles. The van der Waals surface area contributed by atoms with Gasteiger partial charge in [0.1, 0.15) is 23.0 Å². The Balaban J connectivity index is 1.68. The Hall–Kier alpha value is -4.48. The SMILES string of the molecule is CCOc1ccc(-c2c(C(=O)N/N=C\c3ccc(C)o3)nnn2-c2nonc2N)cc1. The number of amides is 1. The molecule has 0 atom stereocenters. The Morgan fingerprint density at radius 2 is 2.06 bits per heavy atom. The molecule has 1 amide bonds. The fourth-order valence-corrected chi connectivity index (χ4v) is 2.79. The van der Waals surface area contributed by atoms with Gasteiger partial charge in [0.15, 0.2) is 5.69 Å². The second-order valence-electron chi connectivity index (χ2n) is 6.28. The number of hydrogen-bond acceptors (Lipinski definition) is 10. The number of carbonyl (C=O) groups excluding carboxylic acids is 1. The molecule has 0 saturated heterocycles. The maximum Gasteiger partial charge on any atom is 0.294 e. The fourth-order valence-electron chi connectivity index (χ4n) is 2.79. The Kier molecular flexibility index (Phi) is 5.43. The molecule has 0 bridgehead atoms. The van der Waals surface area contributed by atoms with Crippen LogP contribution in [0.15, 0.2) is 50.5 Å². The van der Waals surface area contributed by atoms with Crippen LogP contribution in [0.3, 0.4) is 0 Å². The molecule has 0 aliphatic rings. The highest BCUT2D eigenvalue weighted by Crippen LogP contribution is 2.28. The zero-order valence-corrected chi connectivity index (χ0v) is 16.6. The van der Waals surface area contributed by atoms with Crippen molar-refractivity contribution in [2.24, 2.45) is 5.10 Å². The molecular weight excluding hydrogens is 404 g/mol. The van der Waals surface area contributed by atoms with Crippen LogP contribution in [-0.4, -0.2) is 44.0 Å². The van der Waals surface area contributed by atoms with Crippen molar-refractivity contribution >= 4 is 17.9 Å². The van der Waals surface area contributed by atoms with E-state index in [1.165, 1.54) is 10.9 Å². The lowest BCUT2D eigenvalue weighted by Crippen LogP contribution is -2.19. The summed E-state index contributed by atoms with van der Waals surface area (Å²) in [7, 11) is 0. The van der Waals surface area contributed by atoms with Gasteiger partial charge < -0.3 is 14.9 Å². The summed E-state index contributed by atoms with van der Waals surface area (Å²) in [6, 6.07) is 10.6. The highest BCUT2D eigenvalue weighted by Gasteiger charge is 2.25. The quantitative estimate of drug-likeness (QED) is 0.335. The molecule has 31 heavy (non-hydrogen) atoms. The molecular formula is C19H18N8O4. The van der Waals surface area contributed by atoms with Gasteiger partial charge in [0, 0.05) is 5.56 Å². The number of nitrogens with two attached hydrogens (primary N) is 1. The lowest BCUT2D eigenvalue weighted by Gasteiger charge is -2.07. The minimum Gasteiger partial charge on any atom is -0.494 e. The number of nitrogen functional groups attached to an aromatic ring is 1. The third-order valence-corrected chi connectivity index (χ3v) is 4.14. The molecule has 0 unspecified atom stereocenters. The zero-order chi connectivity index (χ0) is 21.8. The van der Waals surface area contributed by atoms with Crippen molar-refractivity contribution in [3.05, 3.63) is 53.6 Å². The first kappa shape index (κ1) is 19.8. The number of nitrogens with zero attached hydrogens (tertiary/aromatic N) is 6. The van der Waals surface area contributed by atoms with E-state index in [2.05, 4.69) is 35.8 Å². The molecule has 0 aliphatic carbocycles. The monoisotopic (exact) mass is 422 g/mol. The lowest BCUT2D eigenvalue weighted by atomic mass is 10.1. The van der Waals surface area contributed by atoms with Gasteiger partial charge >= 0.3 is 0 Å². The Bertz CT molecular complexity index is 1220. The van der Waals surface area contributed by atoms with Crippen LogP contribution in [0.25, 0.3) is 17.1 Å². The Labute approximate surface area is 175 Å². The van der Waals surface area contributed by atoms with Crippen molar-refractivity contribution in [1.29, 1.82) is 0 Å². The van der Waals surface area contributed by atoms with Crippen LogP contribution in [0, 0.1) is 6.92 Å². The summed E-state index contributed by atoms with van der Waals surface area (Å²) >= 11 is 0.